The van der Waals surface area contributed by atoms with E-state index in [4.69, 9.17) is 11.6 Å². The number of benzene rings is 3. The molecule has 0 saturated carbocycles. The van der Waals surface area contributed by atoms with Gasteiger partial charge in [0.25, 0.3) is 0 Å². The molecule has 0 N–H and O–H groups in total. The summed E-state index contributed by atoms with van der Waals surface area (Å²) >= 11 is 7.42. The maximum Gasteiger partial charge on any atom is 0.134 e. The van der Waals surface area contributed by atoms with Crippen molar-refractivity contribution >= 4 is 45.4 Å². The van der Waals surface area contributed by atoms with Gasteiger partial charge in [-0.05, 0) is 34.5 Å². The van der Waals surface area contributed by atoms with Gasteiger partial charge in [-0.3, -0.25) is 0 Å². The lowest BCUT2D eigenvalue weighted by molar-refractivity contribution is 1.37. The molecule has 4 aromatic rings. The van der Waals surface area contributed by atoms with E-state index in [1.807, 2.05) is 60.0 Å². The van der Waals surface area contributed by atoms with E-state index < -0.39 is 0 Å². The summed E-state index contributed by atoms with van der Waals surface area (Å²) in [7, 11) is 0. The van der Waals surface area contributed by atoms with E-state index in [0.717, 1.165) is 27.6 Å². The van der Waals surface area contributed by atoms with Crippen LogP contribution in [-0.4, -0.2) is 4.98 Å². The lowest BCUT2D eigenvalue weighted by atomic mass is 10.0. The van der Waals surface area contributed by atoms with E-state index >= 15 is 0 Å². The second-order valence-electron chi connectivity index (χ2n) is 5.78. The smallest absolute Gasteiger partial charge is 0.134 e. The Kier molecular flexibility index (Phi) is 4.53. The molecule has 0 aliphatic carbocycles. The molecule has 1 heterocycles. The van der Waals surface area contributed by atoms with Crippen molar-refractivity contribution in [1.82, 2.24) is 4.98 Å². The van der Waals surface area contributed by atoms with Crippen LogP contribution in [0.2, 0.25) is 5.02 Å². The summed E-state index contributed by atoms with van der Waals surface area (Å²) < 4.78 is 0. The molecule has 26 heavy (non-hydrogen) atoms. The third-order valence-corrected chi connectivity index (χ3v) is 5.25. The number of allylic oxidation sites excluding steroid dienone is 1. The molecule has 3 aromatic carbocycles. The second kappa shape index (κ2) is 7.13. The molecule has 4 heteroatoms. The van der Waals surface area contributed by atoms with Crippen LogP contribution in [0.15, 0.2) is 72.1 Å². The highest BCUT2D eigenvalue weighted by atomic mass is 35.5. The SMILES string of the molecule is N#C/C(=C\c1cccc2ccccc12)c1nc(-c2ccc(Cl)cc2)cs1. The molecule has 124 valence electrons. The van der Waals surface area contributed by atoms with Gasteiger partial charge in [0, 0.05) is 16.0 Å². The fourth-order valence-corrected chi connectivity index (χ4v) is 3.74. The summed E-state index contributed by atoms with van der Waals surface area (Å²) in [5, 5.41) is 15.3. The number of aromatic nitrogens is 1. The van der Waals surface area contributed by atoms with Gasteiger partial charge in [0.1, 0.15) is 11.1 Å². The average molecular weight is 373 g/mol. The van der Waals surface area contributed by atoms with Crippen molar-refractivity contribution < 1.29 is 0 Å². The van der Waals surface area contributed by atoms with Gasteiger partial charge in [-0.1, -0.05) is 66.2 Å². The second-order valence-corrected chi connectivity index (χ2v) is 7.08. The monoisotopic (exact) mass is 372 g/mol. The highest BCUT2D eigenvalue weighted by Crippen LogP contribution is 2.29. The Hall–Kier alpha value is -2.93. The van der Waals surface area contributed by atoms with Crippen molar-refractivity contribution in [3.05, 3.63) is 87.7 Å². The lowest BCUT2D eigenvalue weighted by Gasteiger charge is -2.02. The molecule has 2 nitrogen and oxygen atoms in total. The summed E-state index contributed by atoms with van der Waals surface area (Å²) in [4.78, 5) is 4.64. The minimum Gasteiger partial charge on any atom is -0.235 e. The molecule has 0 unspecified atom stereocenters. The van der Waals surface area contributed by atoms with Crippen molar-refractivity contribution in [2.75, 3.05) is 0 Å². The highest BCUT2D eigenvalue weighted by molar-refractivity contribution is 7.11. The van der Waals surface area contributed by atoms with Gasteiger partial charge in [-0.15, -0.1) is 11.3 Å². The Morgan fingerprint density at radius 3 is 2.58 bits per heavy atom. The maximum absolute atomic E-state index is 9.66. The van der Waals surface area contributed by atoms with E-state index in [1.54, 1.807) is 0 Å². The van der Waals surface area contributed by atoms with E-state index in [2.05, 4.69) is 29.3 Å². The number of hydrogen-bond acceptors (Lipinski definition) is 3. The van der Waals surface area contributed by atoms with Crippen LogP contribution >= 0.6 is 22.9 Å². The summed E-state index contributed by atoms with van der Waals surface area (Å²) in [5.41, 5.74) is 3.41. The van der Waals surface area contributed by atoms with Gasteiger partial charge in [-0.2, -0.15) is 5.26 Å². The third kappa shape index (κ3) is 3.25. The molecule has 0 aliphatic rings. The molecule has 0 aliphatic heterocycles. The molecular weight excluding hydrogens is 360 g/mol. The van der Waals surface area contributed by atoms with Crippen molar-refractivity contribution in [1.29, 1.82) is 5.26 Å². The Bertz CT molecular complexity index is 1150. The van der Waals surface area contributed by atoms with Crippen molar-refractivity contribution in [3.63, 3.8) is 0 Å². The summed E-state index contributed by atoms with van der Waals surface area (Å²) in [6.45, 7) is 0. The van der Waals surface area contributed by atoms with Crippen LogP contribution in [0.25, 0.3) is 33.7 Å². The first-order chi connectivity index (χ1) is 12.7. The fourth-order valence-electron chi connectivity index (χ4n) is 2.82. The molecule has 4 rings (SSSR count). The number of fused-ring (bicyclic) bond motifs is 1. The molecule has 0 amide bonds. The molecule has 0 radical (unpaired) electrons. The lowest BCUT2D eigenvalue weighted by Crippen LogP contribution is -1.84. The molecule has 0 spiro atoms. The number of nitrogens with zero attached hydrogens (tertiary/aromatic N) is 2. The van der Waals surface area contributed by atoms with E-state index in [9.17, 15) is 5.26 Å². The maximum atomic E-state index is 9.66. The molecule has 0 fully saturated rings. The molecule has 0 atom stereocenters. The average Bonchev–Trinajstić information content (AvgIpc) is 3.16. The van der Waals surface area contributed by atoms with Crippen LogP contribution in [0.3, 0.4) is 0 Å². The zero-order chi connectivity index (χ0) is 17.9. The standard InChI is InChI=1S/C22H13ClN2S/c23-19-10-8-16(9-11-19)21-14-26-22(25-21)18(13-24)12-17-6-3-5-15-4-1-2-7-20(15)17/h1-12,14H/b18-12+. The van der Waals surface area contributed by atoms with Crippen LogP contribution in [0, 0.1) is 11.3 Å². The molecule has 0 saturated heterocycles. The normalized spacial score (nSPS) is 11.5. The Balaban J connectivity index is 1.75. The zero-order valence-electron chi connectivity index (χ0n) is 13.7. The summed E-state index contributed by atoms with van der Waals surface area (Å²) in [6, 6.07) is 24.1. The number of nitriles is 1. The van der Waals surface area contributed by atoms with Crippen LogP contribution in [0.5, 0.6) is 0 Å². The molecule has 0 bridgehead atoms. The number of rotatable bonds is 3. The number of halogens is 1. The van der Waals surface area contributed by atoms with Crippen LogP contribution in [0.4, 0.5) is 0 Å². The van der Waals surface area contributed by atoms with Gasteiger partial charge >= 0.3 is 0 Å². The topological polar surface area (TPSA) is 36.7 Å². The predicted molar refractivity (Wildman–Crippen MR) is 110 cm³/mol. The van der Waals surface area contributed by atoms with E-state index in [1.165, 1.54) is 11.3 Å². The van der Waals surface area contributed by atoms with Crippen LogP contribution in [-0.2, 0) is 0 Å². The first-order valence-electron chi connectivity index (χ1n) is 8.06. The highest BCUT2D eigenvalue weighted by Gasteiger charge is 2.10. The van der Waals surface area contributed by atoms with Crippen LogP contribution in [0.1, 0.15) is 10.6 Å². The van der Waals surface area contributed by atoms with Crippen molar-refractivity contribution in [2.45, 2.75) is 0 Å². The van der Waals surface area contributed by atoms with Gasteiger partial charge in [0.2, 0.25) is 0 Å². The van der Waals surface area contributed by atoms with Crippen molar-refractivity contribution in [2.24, 2.45) is 0 Å². The quantitative estimate of drug-likeness (QED) is 0.376. The van der Waals surface area contributed by atoms with Crippen molar-refractivity contribution in [3.8, 4) is 17.3 Å². The summed E-state index contributed by atoms with van der Waals surface area (Å²) in [6.07, 6.45) is 1.91. The first kappa shape index (κ1) is 16.5. The van der Waals surface area contributed by atoms with Crippen LogP contribution < -0.4 is 0 Å². The van der Waals surface area contributed by atoms with Gasteiger partial charge in [0.15, 0.2) is 0 Å². The van der Waals surface area contributed by atoms with Gasteiger partial charge < -0.3 is 0 Å². The third-order valence-electron chi connectivity index (χ3n) is 4.12. The Labute approximate surface area is 160 Å². The zero-order valence-corrected chi connectivity index (χ0v) is 15.3. The van der Waals surface area contributed by atoms with Gasteiger partial charge in [0.05, 0.1) is 11.3 Å². The van der Waals surface area contributed by atoms with E-state index in [0.29, 0.717) is 15.6 Å². The van der Waals surface area contributed by atoms with E-state index in [-0.39, 0.29) is 0 Å². The Morgan fingerprint density at radius 2 is 1.77 bits per heavy atom. The fraction of sp³-hybridized carbons (Fsp3) is 0. The minimum atomic E-state index is 0.562. The Morgan fingerprint density at radius 1 is 1.00 bits per heavy atom. The summed E-state index contributed by atoms with van der Waals surface area (Å²) in [5.74, 6) is 0. The minimum absolute atomic E-state index is 0.562. The largest absolute Gasteiger partial charge is 0.235 e. The molecule has 1 aromatic heterocycles. The first-order valence-corrected chi connectivity index (χ1v) is 9.32. The molecular formula is C22H13ClN2S. The number of hydrogen-bond donors (Lipinski definition) is 0. The number of thiazole rings is 1. The predicted octanol–water partition coefficient (Wildman–Crippen LogP) is 6.68. The van der Waals surface area contributed by atoms with Gasteiger partial charge in [-0.25, -0.2) is 4.98 Å².